The van der Waals surface area contributed by atoms with Gasteiger partial charge in [-0.3, -0.25) is 9.36 Å². The van der Waals surface area contributed by atoms with E-state index < -0.39 is 0 Å². The third kappa shape index (κ3) is 3.80. The molecule has 3 aromatic rings. The standard InChI is InChI=1S/C18H19FN4O3/c1-22-10-13(17(24)23(2)18(22)25)9-20-8-7-15-11-26-16(21-15)12-3-5-14(19)6-4-12/h3-6,10-11,20H,7-9H2,1-2H3. The predicted octanol–water partition coefficient (Wildman–Crippen LogP) is 1.21. The third-order valence-corrected chi connectivity index (χ3v) is 4.03. The lowest BCUT2D eigenvalue weighted by Crippen LogP contribution is -2.39. The van der Waals surface area contributed by atoms with Crippen LogP contribution in [0.5, 0.6) is 0 Å². The van der Waals surface area contributed by atoms with Gasteiger partial charge in [-0.25, -0.2) is 14.2 Å². The molecule has 136 valence electrons. The van der Waals surface area contributed by atoms with E-state index in [1.54, 1.807) is 31.6 Å². The van der Waals surface area contributed by atoms with E-state index in [1.165, 1.54) is 23.7 Å². The fourth-order valence-electron chi connectivity index (χ4n) is 2.59. The first kappa shape index (κ1) is 17.8. The van der Waals surface area contributed by atoms with Gasteiger partial charge >= 0.3 is 5.69 Å². The van der Waals surface area contributed by atoms with E-state index in [9.17, 15) is 14.0 Å². The Kier molecular flexibility index (Phi) is 5.13. The number of halogens is 1. The highest BCUT2D eigenvalue weighted by atomic mass is 19.1. The summed E-state index contributed by atoms with van der Waals surface area (Å²) in [5, 5.41) is 3.16. The second kappa shape index (κ2) is 7.49. The molecule has 1 N–H and O–H groups in total. The molecule has 0 atom stereocenters. The lowest BCUT2D eigenvalue weighted by atomic mass is 10.2. The van der Waals surface area contributed by atoms with Crippen LogP contribution >= 0.6 is 0 Å². The Morgan fingerprint density at radius 3 is 2.65 bits per heavy atom. The first-order valence-corrected chi connectivity index (χ1v) is 8.12. The molecule has 3 rings (SSSR count). The molecule has 26 heavy (non-hydrogen) atoms. The number of rotatable bonds is 6. The highest BCUT2D eigenvalue weighted by molar-refractivity contribution is 5.52. The number of oxazole rings is 1. The van der Waals surface area contributed by atoms with E-state index >= 15 is 0 Å². The first-order valence-electron chi connectivity index (χ1n) is 8.12. The number of hydrogen-bond donors (Lipinski definition) is 1. The number of aryl methyl sites for hydroxylation is 1. The third-order valence-electron chi connectivity index (χ3n) is 4.03. The van der Waals surface area contributed by atoms with Crippen LogP contribution in [-0.2, 0) is 27.1 Å². The van der Waals surface area contributed by atoms with Crippen LogP contribution in [0.4, 0.5) is 4.39 Å². The van der Waals surface area contributed by atoms with Gasteiger partial charge in [-0.15, -0.1) is 0 Å². The maximum Gasteiger partial charge on any atom is 0.330 e. The van der Waals surface area contributed by atoms with Crippen molar-refractivity contribution in [2.24, 2.45) is 14.1 Å². The van der Waals surface area contributed by atoms with Gasteiger partial charge < -0.3 is 14.3 Å². The zero-order valence-electron chi connectivity index (χ0n) is 14.5. The van der Waals surface area contributed by atoms with Crippen LogP contribution in [0.3, 0.4) is 0 Å². The number of nitrogens with one attached hydrogen (secondary N) is 1. The molecule has 0 fully saturated rings. The Morgan fingerprint density at radius 2 is 1.92 bits per heavy atom. The van der Waals surface area contributed by atoms with E-state index in [-0.39, 0.29) is 17.1 Å². The zero-order chi connectivity index (χ0) is 18.7. The van der Waals surface area contributed by atoms with Gasteiger partial charge in [0.1, 0.15) is 12.1 Å². The van der Waals surface area contributed by atoms with Crippen molar-refractivity contribution in [3.8, 4) is 11.5 Å². The fraction of sp³-hybridized carbons (Fsp3) is 0.278. The summed E-state index contributed by atoms with van der Waals surface area (Å²) in [5.74, 6) is 0.126. The van der Waals surface area contributed by atoms with E-state index in [1.807, 2.05) is 0 Å². The monoisotopic (exact) mass is 358 g/mol. The molecule has 8 heteroatoms. The van der Waals surface area contributed by atoms with Gasteiger partial charge in [-0.05, 0) is 24.3 Å². The normalized spacial score (nSPS) is 11.0. The van der Waals surface area contributed by atoms with Crippen LogP contribution in [0, 0.1) is 5.82 Å². The summed E-state index contributed by atoms with van der Waals surface area (Å²) in [4.78, 5) is 28.1. The molecule has 0 bridgehead atoms. The molecule has 0 aliphatic rings. The quantitative estimate of drug-likeness (QED) is 0.670. The number of nitrogens with zero attached hydrogens (tertiary/aromatic N) is 3. The molecule has 2 heterocycles. The minimum atomic E-state index is -0.352. The Labute approximate surface area is 148 Å². The second-order valence-corrected chi connectivity index (χ2v) is 5.99. The average Bonchev–Trinajstić information content (AvgIpc) is 3.10. The largest absolute Gasteiger partial charge is 0.444 e. The number of benzene rings is 1. The van der Waals surface area contributed by atoms with Crippen LogP contribution in [0.1, 0.15) is 11.3 Å². The number of hydrogen-bond acceptors (Lipinski definition) is 5. The van der Waals surface area contributed by atoms with E-state index in [0.717, 1.165) is 10.3 Å². The molecule has 0 radical (unpaired) electrons. The summed E-state index contributed by atoms with van der Waals surface area (Å²) >= 11 is 0. The number of aromatic nitrogens is 3. The van der Waals surface area contributed by atoms with Gasteiger partial charge in [0.15, 0.2) is 0 Å². The molecule has 0 amide bonds. The average molecular weight is 358 g/mol. The fourth-order valence-corrected chi connectivity index (χ4v) is 2.59. The van der Waals surface area contributed by atoms with Gasteiger partial charge in [0.2, 0.25) is 5.89 Å². The highest BCUT2D eigenvalue weighted by Gasteiger charge is 2.08. The lowest BCUT2D eigenvalue weighted by molar-refractivity contribution is 0.570. The van der Waals surface area contributed by atoms with Gasteiger partial charge in [0.05, 0.1) is 5.69 Å². The van der Waals surface area contributed by atoms with E-state index in [2.05, 4.69) is 10.3 Å². The van der Waals surface area contributed by atoms with Crippen molar-refractivity contribution in [1.29, 1.82) is 0 Å². The van der Waals surface area contributed by atoms with Crippen LogP contribution < -0.4 is 16.6 Å². The van der Waals surface area contributed by atoms with Crippen LogP contribution in [0.25, 0.3) is 11.5 Å². The Bertz CT molecular complexity index is 1020. The Hall–Kier alpha value is -3.00. The molecular formula is C18H19FN4O3. The van der Waals surface area contributed by atoms with Gasteiger partial charge in [0.25, 0.3) is 5.56 Å². The topological polar surface area (TPSA) is 82.1 Å². The van der Waals surface area contributed by atoms with Crippen LogP contribution in [-0.4, -0.2) is 20.7 Å². The van der Waals surface area contributed by atoms with Crippen molar-refractivity contribution in [3.05, 3.63) is 74.6 Å². The van der Waals surface area contributed by atoms with Crippen molar-refractivity contribution in [1.82, 2.24) is 19.4 Å². The molecular weight excluding hydrogens is 339 g/mol. The predicted molar refractivity (Wildman–Crippen MR) is 94.2 cm³/mol. The maximum atomic E-state index is 13.0. The van der Waals surface area contributed by atoms with Crippen molar-refractivity contribution in [2.75, 3.05) is 6.54 Å². The highest BCUT2D eigenvalue weighted by Crippen LogP contribution is 2.18. The summed E-state index contributed by atoms with van der Waals surface area (Å²) in [6.45, 7) is 0.935. The summed E-state index contributed by atoms with van der Waals surface area (Å²) in [5.41, 5.74) is 1.32. The molecule has 7 nitrogen and oxygen atoms in total. The van der Waals surface area contributed by atoms with Gasteiger partial charge in [0, 0.05) is 50.9 Å². The Morgan fingerprint density at radius 1 is 1.19 bits per heavy atom. The van der Waals surface area contributed by atoms with E-state index in [0.29, 0.717) is 36.5 Å². The second-order valence-electron chi connectivity index (χ2n) is 5.99. The smallest absolute Gasteiger partial charge is 0.330 e. The van der Waals surface area contributed by atoms with Crippen LogP contribution in [0.15, 0.2) is 50.7 Å². The summed E-state index contributed by atoms with van der Waals surface area (Å²) in [6, 6.07) is 5.93. The molecule has 1 aromatic carbocycles. The Balaban J connectivity index is 1.57. The zero-order valence-corrected chi connectivity index (χ0v) is 14.5. The molecule has 2 aromatic heterocycles. The minimum Gasteiger partial charge on any atom is -0.444 e. The van der Waals surface area contributed by atoms with Crippen molar-refractivity contribution >= 4 is 0 Å². The van der Waals surface area contributed by atoms with Gasteiger partial charge in [-0.1, -0.05) is 0 Å². The SMILES string of the molecule is Cn1cc(CNCCc2coc(-c3ccc(F)cc3)n2)c(=O)n(C)c1=O. The summed E-state index contributed by atoms with van der Waals surface area (Å²) in [7, 11) is 3.07. The van der Waals surface area contributed by atoms with Gasteiger partial charge in [-0.2, -0.15) is 0 Å². The first-order chi connectivity index (χ1) is 12.5. The molecule has 0 saturated heterocycles. The summed E-state index contributed by atoms with van der Waals surface area (Å²) in [6.07, 6.45) is 3.71. The molecule has 0 aliphatic carbocycles. The molecule has 0 saturated carbocycles. The minimum absolute atomic E-state index is 0.305. The van der Waals surface area contributed by atoms with Crippen molar-refractivity contribution in [3.63, 3.8) is 0 Å². The maximum absolute atomic E-state index is 13.0. The molecule has 0 unspecified atom stereocenters. The molecule has 0 spiro atoms. The summed E-state index contributed by atoms with van der Waals surface area (Å²) < 4.78 is 20.8. The van der Waals surface area contributed by atoms with E-state index in [4.69, 9.17) is 4.42 Å². The van der Waals surface area contributed by atoms with Crippen molar-refractivity contribution < 1.29 is 8.81 Å². The lowest BCUT2D eigenvalue weighted by Gasteiger charge is -2.07. The van der Waals surface area contributed by atoms with Crippen molar-refractivity contribution in [2.45, 2.75) is 13.0 Å². The molecule has 0 aliphatic heterocycles. The van der Waals surface area contributed by atoms with Crippen LogP contribution in [0.2, 0.25) is 0 Å².